The summed E-state index contributed by atoms with van der Waals surface area (Å²) in [4.78, 5) is 0. The minimum atomic E-state index is -0.200. The standard InChI is InChI=1S/C17H20FNO2/c1-2-20-10-11-21-16-8-5-7-15(12-16)19-13-14-6-3-4-9-17(14)18/h3-9,12,19H,2,10-11,13H2,1H3. The van der Waals surface area contributed by atoms with Crippen molar-refractivity contribution in [3.8, 4) is 5.75 Å². The van der Waals surface area contributed by atoms with Crippen LogP contribution in [0.15, 0.2) is 48.5 Å². The van der Waals surface area contributed by atoms with E-state index in [9.17, 15) is 4.39 Å². The number of rotatable bonds is 8. The monoisotopic (exact) mass is 289 g/mol. The maximum atomic E-state index is 13.5. The highest BCUT2D eigenvalue weighted by molar-refractivity contribution is 5.48. The molecule has 3 nitrogen and oxygen atoms in total. The van der Waals surface area contributed by atoms with Crippen LogP contribution in [0.25, 0.3) is 0 Å². The smallest absolute Gasteiger partial charge is 0.128 e. The first-order valence-corrected chi connectivity index (χ1v) is 7.07. The Bertz CT molecular complexity index is 560. The Kier molecular flexibility index (Phi) is 6.03. The molecule has 0 atom stereocenters. The average molecular weight is 289 g/mol. The summed E-state index contributed by atoms with van der Waals surface area (Å²) in [7, 11) is 0. The van der Waals surface area contributed by atoms with E-state index in [0.717, 1.165) is 11.4 Å². The molecule has 112 valence electrons. The Labute approximate surface area is 124 Å². The number of halogens is 1. The van der Waals surface area contributed by atoms with E-state index < -0.39 is 0 Å². The van der Waals surface area contributed by atoms with Gasteiger partial charge in [0.1, 0.15) is 18.2 Å². The first-order valence-electron chi connectivity index (χ1n) is 7.07. The van der Waals surface area contributed by atoms with Crippen molar-refractivity contribution in [1.82, 2.24) is 0 Å². The van der Waals surface area contributed by atoms with Crippen LogP contribution in [-0.2, 0) is 11.3 Å². The molecule has 0 aliphatic heterocycles. The van der Waals surface area contributed by atoms with Crippen LogP contribution < -0.4 is 10.1 Å². The lowest BCUT2D eigenvalue weighted by molar-refractivity contribution is 0.110. The number of nitrogens with one attached hydrogen (secondary N) is 1. The Hall–Kier alpha value is -2.07. The van der Waals surface area contributed by atoms with Gasteiger partial charge in [-0.1, -0.05) is 24.3 Å². The van der Waals surface area contributed by atoms with Gasteiger partial charge in [0.15, 0.2) is 0 Å². The van der Waals surface area contributed by atoms with E-state index in [2.05, 4.69) is 5.32 Å². The largest absolute Gasteiger partial charge is 0.491 e. The van der Waals surface area contributed by atoms with Crippen LogP contribution in [-0.4, -0.2) is 19.8 Å². The van der Waals surface area contributed by atoms with Crippen LogP contribution in [0, 0.1) is 5.82 Å². The molecule has 0 amide bonds. The van der Waals surface area contributed by atoms with Gasteiger partial charge < -0.3 is 14.8 Å². The van der Waals surface area contributed by atoms with E-state index in [0.29, 0.717) is 31.9 Å². The zero-order valence-electron chi connectivity index (χ0n) is 12.1. The molecule has 2 aromatic rings. The molecule has 0 fully saturated rings. The number of benzene rings is 2. The van der Waals surface area contributed by atoms with Crippen LogP contribution in [0.1, 0.15) is 12.5 Å². The van der Waals surface area contributed by atoms with Gasteiger partial charge in [-0.2, -0.15) is 0 Å². The molecule has 2 aromatic carbocycles. The van der Waals surface area contributed by atoms with E-state index >= 15 is 0 Å². The van der Waals surface area contributed by atoms with E-state index in [-0.39, 0.29) is 5.82 Å². The van der Waals surface area contributed by atoms with E-state index in [1.54, 1.807) is 12.1 Å². The average Bonchev–Trinajstić information content (AvgIpc) is 2.51. The molecule has 4 heteroatoms. The maximum Gasteiger partial charge on any atom is 0.128 e. The molecule has 1 N–H and O–H groups in total. The summed E-state index contributed by atoms with van der Waals surface area (Å²) in [6.07, 6.45) is 0. The van der Waals surface area contributed by atoms with Gasteiger partial charge in [0, 0.05) is 30.5 Å². The fraction of sp³-hybridized carbons (Fsp3) is 0.294. The summed E-state index contributed by atoms with van der Waals surface area (Å²) in [5.41, 5.74) is 1.53. The van der Waals surface area contributed by atoms with Crippen molar-refractivity contribution in [3.05, 3.63) is 59.9 Å². The van der Waals surface area contributed by atoms with Gasteiger partial charge in [0.05, 0.1) is 6.61 Å². The Morgan fingerprint density at radius 1 is 1.05 bits per heavy atom. The lowest BCUT2D eigenvalue weighted by atomic mass is 10.2. The molecular weight excluding hydrogens is 269 g/mol. The van der Waals surface area contributed by atoms with Crippen molar-refractivity contribution >= 4 is 5.69 Å². The first kappa shape index (κ1) is 15.3. The molecule has 0 radical (unpaired) electrons. The Morgan fingerprint density at radius 2 is 1.90 bits per heavy atom. The number of hydrogen-bond donors (Lipinski definition) is 1. The second kappa shape index (κ2) is 8.27. The minimum Gasteiger partial charge on any atom is -0.491 e. The predicted molar refractivity (Wildman–Crippen MR) is 82.2 cm³/mol. The van der Waals surface area contributed by atoms with Crippen LogP contribution in [0.2, 0.25) is 0 Å². The lowest BCUT2D eigenvalue weighted by Gasteiger charge is -2.10. The van der Waals surface area contributed by atoms with Gasteiger partial charge >= 0.3 is 0 Å². The number of ether oxygens (including phenoxy) is 2. The molecule has 0 aliphatic rings. The second-order valence-electron chi connectivity index (χ2n) is 4.52. The summed E-state index contributed by atoms with van der Waals surface area (Å²) in [6.45, 7) is 4.17. The molecule has 0 aromatic heterocycles. The van der Waals surface area contributed by atoms with Crippen molar-refractivity contribution in [2.24, 2.45) is 0 Å². The molecule has 0 aliphatic carbocycles. The molecule has 2 rings (SSSR count). The number of hydrogen-bond acceptors (Lipinski definition) is 3. The van der Waals surface area contributed by atoms with Crippen molar-refractivity contribution in [2.75, 3.05) is 25.1 Å². The minimum absolute atomic E-state index is 0.200. The molecule has 21 heavy (non-hydrogen) atoms. The van der Waals surface area contributed by atoms with Gasteiger partial charge in [0.25, 0.3) is 0 Å². The van der Waals surface area contributed by atoms with Crippen LogP contribution in [0.5, 0.6) is 5.75 Å². The Balaban J connectivity index is 1.87. The molecule has 0 unspecified atom stereocenters. The molecule has 0 saturated carbocycles. The highest BCUT2D eigenvalue weighted by atomic mass is 19.1. The third-order valence-corrected chi connectivity index (χ3v) is 2.98. The normalized spacial score (nSPS) is 10.4. The van der Waals surface area contributed by atoms with Gasteiger partial charge in [-0.25, -0.2) is 4.39 Å². The van der Waals surface area contributed by atoms with E-state index in [4.69, 9.17) is 9.47 Å². The van der Waals surface area contributed by atoms with E-state index in [1.807, 2.05) is 37.3 Å². The van der Waals surface area contributed by atoms with E-state index in [1.165, 1.54) is 6.07 Å². The predicted octanol–water partition coefficient (Wildman–Crippen LogP) is 3.85. The van der Waals surface area contributed by atoms with Gasteiger partial charge in [-0.05, 0) is 25.1 Å². The quantitative estimate of drug-likeness (QED) is 0.749. The van der Waals surface area contributed by atoms with Crippen molar-refractivity contribution < 1.29 is 13.9 Å². The molecule has 0 bridgehead atoms. The van der Waals surface area contributed by atoms with Gasteiger partial charge in [0.2, 0.25) is 0 Å². The van der Waals surface area contributed by atoms with Gasteiger partial charge in [-0.3, -0.25) is 0 Å². The summed E-state index contributed by atoms with van der Waals surface area (Å²) in [6, 6.07) is 14.4. The number of anilines is 1. The zero-order valence-corrected chi connectivity index (χ0v) is 12.1. The van der Waals surface area contributed by atoms with Crippen LogP contribution in [0.4, 0.5) is 10.1 Å². The van der Waals surface area contributed by atoms with Crippen LogP contribution >= 0.6 is 0 Å². The maximum absolute atomic E-state index is 13.5. The van der Waals surface area contributed by atoms with Crippen molar-refractivity contribution in [2.45, 2.75) is 13.5 Å². The molecule has 0 spiro atoms. The fourth-order valence-corrected chi connectivity index (χ4v) is 1.90. The fourth-order valence-electron chi connectivity index (χ4n) is 1.90. The third kappa shape index (κ3) is 5.08. The molecular formula is C17H20FNO2. The summed E-state index contributed by atoms with van der Waals surface area (Å²) in [5, 5.41) is 3.19. The summed E-state index contributed by atoms with van der Waals surface area (Å²) >= 11 is 0. The highest BCUT2D eigenvalue weighted by Gasteiger charge is 2.01. The van der Waals surface area contributed by atoms with Crippen molar-refractivity contribution in [3.63, 3.8) is 0 Å². The second-order valence-corrected chi connectivity index (χ2v) is 4.52. The zero-order chi connectivity index (χ0) is 14.9. The lowest BCUT2D eigenvalue weighted by Crippen LogP contribution is -2.06. The summed E-state index contributed by atoms with van der Waals surface area (Å²) < 4.78 is 24.3. The first-order chi connectivity index (χ1) is 10.3. The van der Waals surface area contributed by atoms with Gasteiger partial charge in [-0.15, -0.1) is 0 Å². The molecule has 0 heterocycles. The SMILES string of the molecule is CCOCCOc1cccc(NCc2ccccc2F)c1. The topological polar surface area (TPSA) is 30.5 Å². The highest BCUT2D eigenvalue weighted by Crippen LogP contribution is 2.18. The Morgan fingerprint density at radius 3 is 2.71 bits per heavy atom. The molecule has 0 saturated heterocycles. The summed E-state index contributed by atoms with van der Waals surface area (Å²) in [5.74, 6) is 0.572. The van der Waals surface area contributed by atoms with Crippen LogP contribution in [0.3, 0.4) is 0 Å². The van der Waals surface area contributed by atoms with Crippen molar-refractivity contribution in [1.29, 1.82) is 0 Å². The third-order valence-electron chi connectivity index (χ3n) is 2.98.